The molecule has 0 aliphatic rings. The lowest BCUT2D eigenvalue weighted by Gasteiger charge is -2.15. The molecule has 0 fully saturated rings. The molecule has 1 atom stereocenters. The van der Waals surface area contributed by atoms with Crippen molar-refractivity contribution in [3.63, 3.8) is 0 Å². The highest BCUT2D eigenvalue weighted by molar-refractivity contribution is 7.98. The summed E-state index contributed by atoms with van der Waals surface area (Å²) in [6, 6.07) is 3.64. The van der Waals surface area contributed by atoms with Gasteiger partial charge in [-0.1, -0.05) is 0 Å². The fourth-order valence-electron chi connectivity index (χ4n) is 1.67. The van der Waals surface area contributed by atoms with E-state index in [0.29, 0.717) is 18.0 Å². The van der Waals surface area contributed by atoms with Crippen LogP contribution in [0.4, 0.5) is 8.78 Å². The highest BCUT2D eigenvalue weighted by Crippen LogP contribution is 2.34. The first-order valence-corrected chi connectivity index (χ1v) is 7.21. The van der Waals surface area contributed by atoms with Gasteiger partial charge in [-0.25, -0.2) is 8.78 Å². The Kier molecular flexibility index (Phi) is 7.04. The number of nitrogens with one attached hydrogen (secondary N) is 1. The zero-order chi connectivity index (χ0) is 15.1. The molecular weight excluding hydrogens is 288 g/mol. The van der Waals surface area contributed by atoms with Crippen LogP contribution >= 0.6 is 11.8 Å². The van der Waals surface area contributed by atoms with E-state index in [9.17, 15) is 8.78 Å². The summed E-state index contributed by atoms with van der Waals surface area (Å²) >= 11 is 1.52. The number of ether oxygens (including phenoxy) is 2. The van der Waals surface area contributed by atoms with E-state index in [2.05, 4.69) is 5.32 Å². The number of alkyl halides is 2. The Hall–Kier alpha value is -1.05. The summed E-state index contributed by atoms with van der Waals surface area (Å²) in [7, 11) is 3.09. The molecule has 0 saturated carbocycles. The highest BCUT2D eigenvalue weighted by Gasteiger charge is 2.16. The van der Waals surface area contributed by atoms with Gasteiger partial charge < -0.3 is 19.9 Å². The third-order valence-electron chi connectivity index (χ3n) is 2.75. The Balaban J connectivity index is 2.78. The maximum atomic E-state index is 12.2. The van der Waals surface area contributed by atoms with E-state index in [4.69, 9.17) is 14.6 Å². The molecular formula is C13H19F2NO3S. The van der Waals surface area contributed by atoms with Gasteiger partial charge in [-0.3, -0.25) is 0 Å². The maximum absolute atomic E-state index is 12.2. The predicted molar refractivity (Wildman–Crippen MR) is 75.0 cm³/mol. The first kappa shape index (κ1) is 17.0. The van der Waals surface area contributed by atoms with Gasteiger partial charge in [0.15, 0.2) is 11.5 Å². The van der Waals surface area contributed by atoms with Crippen molar-refractivity contribution in [3.05, 3.63) is 17.7 Å². The molecule has 0 radical (unpaired) electrons. The van der Waals surface area contributed by atoms with Crippen LogP contribution in [0.2, 0.25) is 0 Å². The van der Waals surface area contributed by atoms with Gasteiger partial charge in [0.05, 0.1) is 14.2 Å². The average molecular weight is 307 g/mol. The molecule has 1 rings (SSSR count). The van der Waals surface area contributed by atoms with Gasteiger partial charge in [0, 0.05) is 18.0 Å². The topological polar surface area (TPSA) is 50.7 Å². The minimum atomic E-state index is -2.74. The quantitative estimate of drug-likeness (QED) is 0.721. The molecule has 0 aliphatic heterocycles. The number of rotatable bonds is 8. The molecule has 0 bridgehead atoms. The fourth-order valence-corrected chi connectivity index (χ4v) is 2.29. The van der Waals surface area contributed by atoms with Gasteiger partial charge in [0.1, 0.15) is 6.10 Å². The Bertz CT molecular complexity index is 432. The number of thioether (sulfide) groups is 1. The van der Waals surface area contributed by atoms with Crippen molar-refractivity contribution in [2.24, 2.45) is 0 Å². The van der Waals surface area contributed by atoms with Crippen molar-refractivity contribution in [3.8, 4) is 11.5 Å². The Labute approximate surface area is 121 Å². The molecule has 4 nitrogen and oxygen atoms in total. The van der Waals surface area contributed by atoms with E-state index < -0.39 is 12.5 Å². The standard InChI is InChI=1S/C13H19F2NO3S/c1-18-10-4-8(6-16-7-9(17)13(14)15)12(20-3)5-11(10)19-2/h4-5,9,13,16-17H,6-7H2,1-3H3. The Morgan fingerprint density at radius 1 is 1.25 bits per heavy atom. The smallest absolute Gasteiger partial charge is 0.265 e. The maximum Gasteiger partial charge on any atom is 0.265 e. The molecule has 1 unspecified atom stereocenters. The molecule has 0 saturated heterocycles. The predicted octanol–water partition coefficient (Wildman–Crippen LogP) is 2.14. The van der Waals surface area contributed by atoms with Crippen LogP contribution in [0.3, 0.4) is 0 Å². The van der Waals surface area contributed by atoms with Gasteiger partial charge in [0.2, 0.25) is 0 Å². The van der Waals surface area contributed by atoms with Crippen molar-refractivity contribution >= 4 is 11.8 Å². The number of hydrogen-bond acceptors (Lipinski definition) is 5. The molecule has 114 valence electrons. The molecule has 0 heterocycles. The van der Waals surface area contributed by atoms with Crippen molar-refractivity contribution < 1.29 is 23.4 Å². The molecule has 1 aromatic rings. The molecule has 0 amide bonds. The first-order chi connectivity index (χ1) is 9.53. The lowest BCUT2D eigenvalue weighted by atomic mass is 10.2. The molecule has 0 aromatic heterocycles. The molecule has 0 spiro atoms. The summed E-state index contributed by atoms with van der Waals surface area (Å²) < 4.78 is 34.8. The fraction of sp³-hybridized carbons (Fsp3) is 0.538. The third-order valence-corrected chi connectivity index (χ3v) is 3.57. The number of hydrogen-bond donors (Lipinski definition) is 2. The summed E-state index contributed by atoms with van der Waals surface area (Å²) in [5, 5.41) is 11.9. The highest BCUT2D eigenvalue weighted by atomic mass is 32.2. The van der Waals surface area contributed by atoms with Gasteiger partial charge in [-0.2, -0.15) is 0 Å². The van der Waals surface area contributed by atoms with Crippen LogP contribution in [0, 0.1) is 0 Å². The largest absolute Gasteiger partial charge is 0.493 e. The third kappa shape index (κ3) is 4.50. The summed E-state index contributed by atoms with van der Waals surface area (Å²) in [5.41, 5.74) is 0.900. The second-order valence-corrected chi connectivity index (χ2v) is 4.90. The van der Waals surface area contributed by atoms with Crippen LogP contribution in [-0.2, 0) is 6.54 Å². The van der Waals surface area contributed by atoms with Crippen LogP contribution < -0.4 is 14.8 Å². The summed E-state index contributed by atoms with van der Waals surface area (Å²) in [4.78, 5) is 0.960. The van der Waals surface area contributed by atoms with Crippen LogP contribution in [0.1, 0.15) is 5.56 Å². The number of aliphatic hydroxyl groups is 1. The van der Waals surface area contributed by atoms with Crippen molar-refractivity contribution in [1.29, 1.82) is 0 Å². The van der Waals surface area contributed by atoms with E-state index in [1.54, 1.807) is 13.2 Å². The monoisotopic (exact) mass is 307 g/mol. The molecule has 2 N–H and O–H groups in total. The average Bonchev–Trinajstić information content (AvgIpc) is 2.46. The van der Waals surface area contributed by atoms with E-state index in [1.807, 2.05) is 12.3 Å². The molecule has 7 heteroatoms. The van der Waals surface area contributed by atoms with Crippen LogP contribution in [0.5, 0.6) is 11.5 Å². The Morgan fingerprint density at radius 3 is 2.35 bits per heavy atom. The van der Waals surface area contributed by atoms with Gasteiger partial charge in [-0.05, 0) is 24.0 Å². The summed E-state index contributed by atoms with van der Waals surface area (Å²) in [5.74, 6) is 1.20. The van der Waals surface area contributed by atoms with Gasteiger partial charge in [0.25, 0.3) is 6.43 Å². The number of aliphatic hydroxyl groups excluding tert-OH is 1. The van der Waals surface area contributed by atoms with Crippen LogP contribution in [-0.4, -0.2) is 44.7 Å². The van der Waals surface area contributed by atoms with Crippen LogP contribution in [0.15, 0.2) is 17.0 Å². The summed E-state index contributed by atoms with van der Waals surface area (Å²) in [6.45, 7) is 0.195. The Morgan fingerprint density at radius 2 is 1.85 bits per heavy atom. The van der Waals surface area contributed by atoms with Crippen molar-refractivity contribution in [1.82, 2.24) is 5.32 Å². The van der Waals surface area contributed by atoms with E-state index in [-0.39, 0.29) is 6.54 Å². The normalized spacial score (nSPS) is 12.6. The van der Waals surface area contributed by atoms with Gasteiger partial charge in [-0.15, -0.1) is 11.8 Å². The van der Waals surface area contributed by atoms with Gasteiger partial charge >= 0.3 is 0 Å². The summed E-state index contributed by atoms with van der Waals surface area (Å²) in [6.07, 6.45) is -2.49. The van der Waals surface area contributed by atoms with E-state index >= 15 is 0 Å². The first-order valence-electron chi connectivity index (χ1n) is 5.99. The van der Waals surface area contributed by atoms with Crippen LogP contribution in [0.25, 0.3) is 0 Å². The number of methoxy groups -OCH3 is 2. The van der Waals surface area contributed by atoms with Crippen molar-refractivity contribution in [2.45, 2.75) is 24.0 Å². The van der Waals surface area contributed by atoms with E-state index in [1.165, 1.54) is 18.9 Å². The van der Waals surface area contributed by atoms with E-state index in [0.717, 1.165) is 10.5 Å². The molecule has 20 heavy (non-hydrogen) atoms. The zero-order valence-electron chi connectivity index (χ0n) is 11.7. The minimum Gasteiger partial charge on any atom is -0.493 e. The molecule has 1 aromatic carbocycles. The SMILES string of the molecule is COc1cc(CNCC(O)C(F)F)c(SC)cc1OC. The second kappa shape index (κ2) is 8.28. The number of benzene rings is 1. The van der Waals surface area contributed by atoms with Crippen molar-refractivity contribution in [2.75, 3.05) is 27.0 Å². The molecule has 0 aliphatic carbocycles. The zero-order valence-corrected chi connectivity index (χ0v) is 12.5. The lowest BCUT2D eigenvalue weighted by molar-refractivity contribution is -0.00343. The number of halogens is 2. The lowest BCUT2D eigenvalue weighted by Crippen LogP contribution is -2.31. The minimum absolute atomic E-state index is 0.167. The second-order valence-electron chi connectivity index (χ2n) is 4.05.